The fourth-order valence-corrected chi connectivity index (χ4v) is 3.66. The van der Waals surface area contributed by atoms with Gasteiger partial charge in [-0.3, -0.25) is 4.79 Å². The van der Waals surface area contributed by atoms with Gasteiger partial charge < -0.3 is 5.32 Å². The van der Waals surface area contributed by atoms with E-state index in [-0.39, 0.29) is 16.7 Å². The summed E-state index contributed by atoms with van der Waals surface area (Å²) in [6.07, 6.45) is 0. The topological polar surface area (TPSA) is 54.9 Å². The molecule has 0 radical (unpaired) electrons. The zero-order valence-corrected chi connectivity index (χ0v) is 17.8. The number of hydrogen-bond donors (Lipinski definition) is 1. The molecule has 0 spiro atoms. The summed E-state index contributed by atoms with van der Waals surface area (Å²) in [5, 5.41) is 11.7. The molecule has 154 valence electrons. The number of carbonyl (C=O) groups is 1. The van der Waals surface area contributed by atoms with E-state index < -0.39 is 5.82 Å². The Morgan fingerprint density at radius 1 is 0.871 bits per heavy atom. The monoisotopic (exact) mass is 449 g/mol. The molecule has 1 N–H and O–H groups in total. The lowest BCUT2D eigenvalue weighted by Crippen LogP contribution is -2.14. The lowest BCUT2D eigenvalue weighted by molar-refractivity contribution is -0.113. The molecule has 0 saturated heterocycles. The van der Waals surface area contributed by atoms with Crippen molar-refractivity contribution in [2.24, 2.45) is 0 Å². The smallest absolute Gasteiger partial charge is 0.234 e. The van der Waals surface area contributed by atoms with Crippen LogP contribution in [0.1, 0.15) is 0 Å². The van der Waals surface area contributed by atoms with E-state index in [2.05, 4.69) is 39.8 Å². The van der Waals surface area contributed by atoms with Crippen molar-refractivity contribution in [2.45, 2.75) is 5.03 Å². The second kappa shape index (κ2) is 9.73. The Balaban J connectivity index is 1.34. The van der Waals surface area contributed by atoms with Gasteiger partial charge in [0.15, 0.2) is 0 Å². The number of benzene rings is 3. The van der Waals surface area contributed by atoms with Gasteiger partial charge in [0, 0.05) is 11.3 Å². The van der Waals surface area contributed by atoms with Gasteiger partial charge in [0.1, 0.15) is 10.8 Å². The minimum Gasteiger partial charge on any atom is -0.325 e. The Morgan fingerprint density at radius 3 is 2.26 bits per heavy atom. The van der Waals surface area contributed by atoms with Crippen LogP contribution in [0, 0.1) is 5.82 Å². The molecule has 0 unspecified atom stereocenters. The molecular weight excluding hydrogens is 433 g/mol. The molecule has 1 aromatic heterocycles. The zero-order valence-electron chi connectivity index (χ0n) is 16.3. The van der Waals surface area contributed by atoms with E-state index in [1.807, 2.05) is 42.5 Å². The first kappa shape index (κ1) is 21.0. The molecule has 0 bridgehead atoms. The summed E-state index contributed by atoms with van der Waals surface area (Å²) in [4.78, 5) is 12.1. The Morgan fingerprint density at radius 2 is 1.58 bits per heavy atom. The number of carbonyl (C=O) groups excluding carboxylic acids is 1. The molecule has 0 aliphatic carbocycles. The Hall–Kier alpha value is -3.22. The standard InChI is InChI=1S/C24H17ClFN3OS/c25-20-11-10-19(14-21(20)26)27-23(30)15-31-24-13-12-22(28-29-24)18-8-6-17(7-9-18)16-4-2-1-3-5-16/h1-14H,15H2,(H,27,30). The molecule has 0 aliphatic heterocycles. The van der Waals surface area contributed by atoms with Crippen LogP contribution in [-0.4, -0.2) is 21.9 Å². The van der Waals surface area contributed by atoms with E-state index >= 15 is 0 Å². The average molecular weight is 450 g/mol. The maximum Gasteiger partial charge on any atom is 0.234 e. The lowest BCUT2D eigenvalue weighted by atomic mass is 10.0. The molecule has 7 heteroatoms. The first-order valence-corrected chi connectivity index (χ1v) is 10.8. The van der Waals surface area contributed by atoms with Crippen molar-refractivity contribution in [3.8, 4) is 22.4 Å². The van der Waals surface area contributed by atoms with Crippen LogP contribution in [0.5, 0.6) is 0 Å². The molecule has 3 aromatic carbocycles. The van der Waals surface area contributed by atoms with E-state index in [4.69, 9.17) is 11.6 Å². The van der Waals surface area contributed by atoms with E-state index in [1.54, 1.807) is 6.07 Å². The normalized spacial score (nSPS) is 10.6. The molecule has 0 atom stereocenters. The number of amides is 1. The molecule has 0 fully saturated rings. The van der Waals surface area contributed by atoms with Gasteiger partial charge in [-0.15, -0.1) is 10.2 Å². The van der Waals surface area contributed by atoms with Gasteiger partial charge in [-0.05, 0) is 41.5 Å². The summed E-state index contributed by atoms with van der Waals surface area (Å²) in [6.45, 7) is 0. The third-order valence-corrected chi connectivity index (χ3v) is 5.71. The van der Waals surface area contributed by atoms with Crippen molar-refractivity contribution in [1.29, 1.82) is 0 Å². The highest BCUT2D eigenvalue weighted by atomic mass is 35.5. The molecule has 4 nitrogen and oxygen atoms in total. The van der Waals surface area contributed by atoms with Crippen molar-refractivity contribution in [2.75, 3.05) is 11.1 Å². The van der Waals surface area contributed by atoms with Crippen LogP contribution in [0.15, 0.2) is 90.0 Å². The maximum atomic E-state index is 13.5. The number of halogens is 2. The third kappa shape index (κ3) is 5.48. The highest BCUT2D eigenvalue weighted by Crippen LogP contribution is 2.25. The fraction of sp³-hybridized carbons (Fsp3) is 0.0417. The van der Waals surface area contributed by atoms with Crippen LogP contribution in [0.4, 0.5) is 10.1 Å². The summed E-state index contributed by atoms with van der Waals surface area (Å²) in [5.41, 5.74) is 4.37. The van der Waals surface area contributed by atoms with E-state index in [9.17, 15) is 9.18 Å². The van der Waals surface area contributed by atoms with Gasteiger partial charge in [-0.1, -0.05) is 78.0 Å². The van der Waals surface area contributed by atoms with Crippen molar-refractivity contribution in [3.63, 3.8) is 0 Å². The summed E-state index contributed by atoms with van der Waals surface area (Å²) < 4.78 is 13.5. The van der Waals surface area contributed by atoms with Gasteiger partial charge in [-0.2, -0.15) is 0 Å². The van der Waals surface area contributed by atoms with Crippen molar-refractivity contribution >= 4 is 35.0 Å². The van der Waals surface area contributed by atoms with Crippen LogP contribution in [0.25, 0.3) is 22.4 Å². The predicted octanol–water partition coefficient (Wildman–Crippen LogP) is 6.33. The van der Waals surface area contributed by atoms with Crippen LogP contribution in [-0.2, 0) is 4.79 Å². The SMILES string of the molecule is O=C(CSc1ccc(-c2ccc(-c3ccccc3)cc2)nn1)Nc1ccc(Cl)c(F)c1. The zero-order chi connectivity index (χ0) is 21.6. The summed E-state index contributed by atoms with van der Waals surface area (Å²) in [7, 11) is 0. The third-order valence-electron chi connectivity index (χ3n) is 4.48. The first-order valence-electron chi connectivity index (χ1n) is 9.46. The van der Waals surface area contributed by atoms with Crippen LogP contribution in [0.3, 0.4) is 0 Å². The van der Waals surface area contributed by atoms with E-state index in [0.717, 1.165) is 22.4 Å². The largest absolute Gasteiger partial charge is 0.325 e. The Bertz CT molecular complexity index is 1190. The van der Waals surface area contributed by atoms with Gasteiger partial charge in [0.05, 0.1) is 16.5 Å². The maximum absolute atomic E-state index is 13.5. The first-order chi connectivity index (χ1) is 15.1. The second-order valence-corrected chi connectivity index (χ2v) is 8.07. The number of rotatable bonds is 6. The molecule has 4 aromatic rings. The van der Waals surface area contributed by atoms with Crippen molar-refractivity contribution < 1.29 is 9.18 Å². The van der Waals surface area contributed by atoms with Crippen molar-refractivity contribution in [1.82, 2.24) is 10.2 Å². The van der Waals surface area contributed by atoms with Crippen LogP contribution < -0.4 is 5.32 Å². The Kier molecular flexibility index (Phi) is 6.60. The van der Waals surface area contributed by atoms with Gasteiger partial charge in [0.25, 0.3) is 0 Å². The lowest BCUT2D eigenvalue weighted by Gasteiger charge is -2.06. The van der Waals surface area contributed by atoms with Crippen molar-refractivity contribution in [3.05, 3.63) is 95.8 Å². The van der Waals surface area contributed by atoms with E-state index in [0.29, 0.717) is 10.7 Å². The number of aromatic nitrogens is 2. The van der Waals surface area contributed by atoms with Crippen LogP contribution in [0.2, 0.25) is 5.02 Å². The average Bonchev–Trinajstić information content (AvgIpc) is 2.81. The molecule has 1 heterocycles. The molecule has 1 amide bonds. The molecule has 0 saturated carbocycles. The molecule has 0 aliphatic rings. The van der Waals surface area contributed by atoms with Gasteiger partial charge >= 0.3 is 0 Å². The number of thioether (sulfide) groups is 1. The minimum absolute atomic E-state index is 0.0115. The quantitative estimate of drug-likeness (QED) is 0.349. The van der Waals surface area contributed by atoms with E-state index in [1.165, 1.54) is 23.9 Å². The van der Waals surface area contributed by atoms with Gasteiger partial charge in [0.2, 0.25) is 5.91 Å². The Labute approximate surface area is 188 Å². The fourth-order valence-electron chi connectivity index (χ4n) is 2.93. The predicted molar refractivity (Wildman–Crippen MR) is 124 cm³/mol. The highest BCUT2D eigenvalue weighted by Gasteiger charge is 2.08. The molecular formula is C24H17ClFN3OS. The summed E-state index contributed by atoms with van der Waals surface area (Å²) >= 11 is 6.90. The molecule has 4 rings (SSSR count). The molecule has 31 heavy (non-hydrogen) atoms. The minimum atomic E-state index is -0.578. The number of anilines is 1. The number of hydrogen-bond acceptors (Lipinski definition) is 4. The summed E-state index contributed by atoms with van der Waals surface area (Å²) in [6, 6.07) is 26.1. The number of nitrogens with one attached hydrogen (secondary N) is 1. The van der Waals surface area contributed by atoms with Gasteiger partial charge in [-0.25, -0.2) is 4.39 Å². The highest BCUT2D eigenvalue weighted by molar-refractivity contribution is 7.99. The second-order valence-electron chi connectivity index (χ2n) is 6.67. The van der Waals surface area contributed by atoms with Crippen LogP contribution >= 0.6 is 23.4 Å². The number of nitrogens with zero attached hydrogens (tertiary/aromatic N) is 2. The summed E-state index contributed by atoms with van der Waals surface area (Å²) in [5.74, 6) is -0.719.